The van der Waals surface area contributed by atoms with Gasteiger partial charge in [-0.1, -0.05) is 85.3 Å². The highest BCUT2D eigenvalue weighted by atomic mass is 35.5. The van der Waals surface area contributed by atoms with E-state index in [0.29, 0.717) is 32.9 Å². The molecule has 0 bridgehead atoms. The molecule has 0 aliphatic rings. The zero-order valence-corrected chi connectivity index (χ0v) is 28.2. The van der Waals surface area contributed by atoms with Crippen molar-refractivity contribution >= 4 is 79.5 Å². The number of nitrogens with zero attached hydrogens (tertiary/aromatic N) is 2. The average Bonchev–Trinajstić information content (AvgIpc) is 3.72. The first kappa shape index (κ1) is 32.1. The number of nitrogens with one attached hydrogen (secondary N) is 2. The number of aromatic nitrogens is 2. The predicted octanol–water partition coefficient (Wildman–Crippen LogP) is 10.0. The van der Waals surface area contributed by atoms with Gasteiger partial charge in [0.25, 0.3) is 11.8 Å². The van der Waals surface area contributed by atoms with Crippen LogP contribution in [0.4, 0.5) is 0 Å². The molecule has 234 valence electrons. The summed E-state index contributed by atoms with van der Waals surface area (Å²) in [6.07, 6.45) is 6.03. The lowest BCUT2D eigenvalue weighted by Gasteiger charge is -2.10. The summed E-state index contributed by atoms with van der Waals surface area (Å²) in [7, 11) is 0. The van der Waals surface area contributed by atoms with Crippen molar-refractivity contribution in [3.8, 4) is 21.1 Å². The Kier molecular flexibility index (Phi) is 10.6. The highest BCUT2D eigenvalue weighted by molar-refractivity contribution is 7.19. The summed E-state index contributed by atoms with van der Waals surface area (Å²) in [5.41, 5.74) is 4.32. The van der Waals surface area contributed by atoms with Gasteiger partial charge in [0.05, 0.1) is 52.0 Å². The van der Waals surface area contributed by atoms with Gasteiger partial charge in [0, 0.05) is 23.9 Å². The zero-order valence-electron chi connectivity index (χ0n) is 25.0. The Labute approximate surface area is 285 Å². The second kappa shape index (κ2) is 15.2. The normalized spacial score (nSPS) is 11.3. The topological polar surface area (TPSA) is 84.0 Å². The van der Waals surface area contributed by atoms with Crippen LogP contribution in [0.25, 0.3) is 42.9 Å². The molecule has 2 amide bonds. The number of hydrogen-bond acceptors (Lipinski definition) is 6. The first-order valence-electron chi connectivity index (χ1n) is 15.3. The zero-order chi connectivity index (χ0) is 31.9. The smallest absolute Gasteiger partial charge is 0.252 e. The van der Waals surface area contributed by atoms with Crippen LogP contribution in [0, 0.1) is 0 Å². The van der Waals surface area contributed by atoms with Gasteiger partial charge < -0.3 is 10.6 Å². The molecule has 0 unspecified atom stereocenters. The molecule has 0 spiro atoms. The Balaban J connectivity index is 0.929. The van der Waals surface area contributed by atoms with Gasteiger partial charge in [-0.2, -0.15) is 0 Å². The van der Waals surface area contributed by atoms with E-state index in [1.165, 1.54) is 22.7 Å². The van der Waals surface area contributed by atoms with Gasteiger partial charge in [0.15, 0.2) is 0 Å². The summed E-state index contributed by atoms with van der Waals surface area (Å²) >= 11 is 15.2. The molecule has 46 heavy (non-hydrogen) atoms. The Bertz CT molecular complexity index is 1860. The van der Waals surface area contributed by atoms with E-state index in [1.54, 1.807) is 0 Å². The van der Waals surface area contributed by atoms with Crippen molar-refractivity contribution < 1.29 is 9.59 Å². The molecule has 0 aliphatic heterocycles. The number of unbranched alkanes of at least 4 members (excludes halogenated alkanes) is 5. The minimum Gasteiger partial charge on any atom is -0.352 e. The molecule has 0 saturated carbocycles. The van der Waals surface area contributed by atoms with E-state index in [9.17, 15) is 9.59 Å². The van der Waals surface area contributed by atoms with Crippen LogP contribution in [0.1, 0.15) is 59.2 Å². The van der Waals surface area contributed by atoms with Crippen molar-refractivity contribution in [2.75, 3.05) is 13.1 Å². The number of hydrogen-bond donors (Lipinski definition) is 2. The molecular weight excluding hydrogens is 655 g/mol. The first-order valence-corrected chi connectivity index (χ1v) is 17.7. The van der Waals surface area contributed by atoms with Gasteiger partial charge in [-0.15, -0.1) is 22.7 Å². The second-order valence-electron chi connectivity index (χ2n) is 11.0. The molecule has 2 N–H and O–H groups in total. The summed E-state index contributed by atoms with van der Waals surface area (Å²) in [6, 6.07) is 26.7. The average molecular weight is 688 g/mol. The van der Waals surface area contributed by atoms with Crippen molar-refractivity contribution in [2.24, 2.45) is 0 Å². The lowest BCUT2D eigenvalue weighted by atomic mass is 10.1. The second-order valence-corrected chi connectivity index (χ2v) is 14.4. The highest BCUT2D eigenvalue weighted by Gasteiger charge is 2.16. The molecule has 0 atom stereocenters. The molecule has 0 radical (unpaired) electrons. The third-order valence-electron chi connectivity index (χ3n) is 7.75. The molecular formula is C36H32Cl2N4O2S2. The lowest BCUT2D eigenvalue weighted by molar-refractivity contribution is 0.0946. The number of carbonyl (C=O) groups excluding carboxylic acids is 2. The summed E-state index contributed by atoms with van der Waals surface area (Å²) in [5, 5.41) is 7.86. The number of pyridine rings is 2. The molecule has 2 aromatic carbocycles. The van der Waals surface area contributed by atoms with Crippen LogP contribution in [0.15, 0.2) is 84.9 Å². The number of carbonyl (C=O) groups is 2. The highest BCUT2D eigenvalue weighted by Crippen LogP contribution is 2.33. The van der Waals surface area contributed by atoms with E-state index in [-0.39, 0.29) is 11.8 Å². The summed E-state index contributed by atoms with van der Waals surface area (Å²) in [6.45, 7) is 1.23. The Morgan fingerprint density at radius 3 is 1.39 bits per heavy atom. The fraction of sp³-hybridized carbons (Fsp3) is 0.222. The van der Waals surface area contributed by atoms with Gasteiger partial charge in [-0.3, -0.25) is 9.59 Å². The maximum atomic E-state index is 13.2. The largest absolute Gasteiger partial charge is 0.352 e. The number of benzene rings is 2. The van der Waals surface area contributed by atoms with Crippen LogP contribution in [-0.4, -0.2) is 34.9 Å². The van der Waals surface area contributed by atoms with Crippen LogP contribution in [0.3, 0.4) is 0 Å². The summed E-state index contributed by atoms with van der Waals surface area (Å²) in [5.74, 6) is -0.182. The van der Waals surface area contributed by atoms with E-state index in [1.807, 2.05) is 84.9 Å². The third kappa shape index (κ3) is 7.76. The van der Waals surface area contributed by atoms with E-state index in [0.717, 1.165) is 81.5 Å². The van der Waals surface area contributed by atoms with Crippen LogP contribution in [-0.2, 0) is 0 Å². The fourth-order valence-electron chi connectivity index (χ4n) is 5.43. The van der Waals surface area contributed by atoms with E-state index in [2.05, 4.69) is 10.6 Å². The third-order valence-corrected chi connectivity index (χ3v) is 10.3. The Hall–Kier alpha value is -3.82. The van der Waals surface area contributed by atoms with Crippen LogP contribution in [0.5, 0.6) is 0 Å². The monoisotopic (exact) mass is 686 g/mol. The van der Waals surface area contributed by atoms with Crippen molar-refractivity contribution in [1.29, 1.82) is 0 Å². The molecule has 6 rings (SSSR count). The molecule has 0 fully saturated rings. The molecule has 6 nitrogen and oxygen atoms in total. The molecule has 6 aromatic rings. The van der Waals surface area contributed by atoms with Gasteiger partial charge >= 0.3 is 0 Å². The summed E-state index contributed by atoms with van der Waals surface area (Å²) < 4.78 is 1.38. The Morgan fingerprint density at radius 1 is 0.565 bits per heavy atom. The minimum absolute atomic E-state index is 0.0912. The SMILES string of the molecule is O=C(NCCCCCCCCNC(=O)c1cc(-c2ccc(Cl)s2)nc2ccccc12)c1cc(-c2ccc(Cl)s2)nc2ccccc12. The van der Waals surface area contributed by atoms with Crippen molar-refractivity contribution in [3.05, 3.63) is 105 Å². The standard InChI is InChI=1S/C36H32Cl2N4O2S2/c37-33-17-15-31(45-33)29-21-25(23-11-5-7-13-27(23)41-29)35(43)39-19-9-3-1-2-4-10-20-40-36(44)26-22-30(32-16-18-34(38)46-32)42-28-14-8-6-12-24(26)28/h5-8,11-18,21-22H,1-4,9-10,19-20H2,(H,39,43)(H,40,44). The van der Waals surface area contributed by atoms with Gasteiger partial charge in [0.1, 0.15) is 0 Å². The number of fused-ring (bicyclic) bond motifs is 2. The molecule has 0 aliphatic carbocycles. The van der Waals surface area contributed by atoms with Gasteiger partial charge in [0.2, 0.25) is 0 Å². The summed E-state index contributed by atoms with van der Waals surface area (Å²) in [4.78, 5) is 37.7. The minimum atomic E-state index is -0.0912. The number of rotatable bonds is 13. The van der Waals surface area contributed by atoms with Crippen LogP contribution in [0.2, 0.25) is 8.67 Å². The van der Waals surface area contributed by atoms with Crippen LogP contribution >= 0.6 is 45.9 Å². The van der Waals surface area contributed by atoms with Crippen molar-refractivity contribution in [3.63, 3.8) is 0 Å². The molecule has 0 saturated heterocycles. The van der Waals surface area contributed by atoms with Gasteiger partial charge in [-0.25, -0.2) is 9.97 Å². The number of halogens is 2. The number of amides is 2. The van der Waals surface area contributed by atoms with E-state index in [4.69, 9.17) is 33.2 Å². The quantitative estimate of drug-likeness (QED) is 0.118. The van der Waals surface area contributed by atoms with Crippen molar-refractivity contribution in [1.82, 2.24) is 20.6 Å². The fourth-order valence-corrected chi connectivity index (χ4v) is 7.44. The number of thiophene rings is 2. The van der Waals surface area contributed by atoms with Crippen LogP contribution < -0.4 is 10.6 Å². The molecule has 10 heteroatoms. The first-order chi connectivity index (χ1) is 22.5. The lowest BCUT2D eigenvalue weighted by Crippen LogP contribution is -2.25. The predicted molar refractivity (Wildman–Crippen MR) is 193 cm³/mol. The number of para-hydroxylation sites is 2. The van der Waals surface area contributed by atoms with Crippen molar-refractivity contribution in [2.45, 2.75) is 38.5 Å². The Morgan fingerprint density at radius 2 is 0.978 bits per heavy atom. The van der Waals surface area contributed by atoms with E-state index >= 15 is 0 Å². The van der Waals surface area contributed by atoms with E-state index < -0.39 is 0 Å². The molecule has 4 aromatic heterocycles. The maximum absolute atomic E-state index is 13.2. The molecule has 4 heterocycles. The van der Waals surface area contributed by atoms with Gasteiger partial charge in [-0.05, 0) is 61.4 Å². The maximum Gasteiger partial charge on any atom is 0.252 e.